The molecule has 0 radical (unpaired) electrons. The molecular formula is C20H18BrN3O3S. The number of aromatic amines is 1. The van der Waals surface area contributed by atoms with E-state index in [1.54, 1.807) is 18.2 Å². The molecule has 0 saturated heterocycles. The van der Waals surface area contributed by atoms with E-state index in [4.69, 9.17) is 4.74 Å². The van der Waals surface area contributed by atoms with Gasteiger partial charge in [-0.2, -0.15) is 0 Å². The molecule has 2 aromatic heterocycles. The van der Waals surface area contributed by atoms with E-state index in [0.29, 0.717) is 34.8 Å². The van der Waals surface area contributed by atoms with Gasteiger partial charge in [0, 0.05) is 22.0 Å². The van der Waals surface area contributed by atoms with Gasteiger partial charge < -0.3 is 9.72 Å². The average molecular weight is 460 g/mol. The van der Waals surface area contributed by atoms with Gasteiger partial charge in [-0.25, -0.2) is 9.97 Å². The summed E-state index contributed by atoms with van der Waals surface area (Å²) in [6.07, 6.45) is 0.664. The molecule has 3 aromatic rings. The molecule has 0 unspecified atom stereocenters. The standard InChI is InChI=1S/C20H18BrN3O3S/c1-20(2)8-15-12(9-27-20)7-14-17(22-15)23-19(24-18(14)26)28-10-16(25)11-3-5-13(21)6-4-11/h3-7H,8-10H2,1-2H3,(H,22,23,24,26). The van der Waals surface area contributed by atoms with E-state index in [-0.39, 0.29) is 22.7 Å². The highest BCUT2D eigenvalue weighted by atomic mass is 79.9. The fraction of sp³-hybridized carbons (Fsp3) is 0.300. The molecule has 4 rings (SSSR count). The van der Waals surface area contributed by atoms with Crippen molar-refractivity contribution in [1.29, 1.82) is 0 Å². The smallest absolute Gasteiger partial charge is 0.261 e. The predicted octanol–water partition coefficient (Wildman–Crippen LogP) is 3.91. The Balaban J connectivity index is 1.59. The Morgan fingerprint density at radius 3 is 2.79 bits per heavy atom. The maximum atomic E-state index is 12.5. The van der Waals surface area contributed by atoms with E-state index in [2.05, 4.69) is 30.9 Å². The van der Waals surface area contributed by atoms with Crippen LogP contribution in [-0.4, -0.2) is 32.1 Å². The number of halogens is 1. The van der Waals surface area contributed by atoms with E-state index >= 15 is 0 Å². The van der Waals surface area contributed by atoms with E-state index in [9.17, 15) is 9.59 Å². The second kappa shape index (κ2) is 7.42. The molecule has 1 aromatic carbocycles. The molecular weight excluding hydrogens is 442 g/mol. The molecule has 0 spiro atoms. The number of aromatic nitrogens is 3. The lowest BCUT2D eigenvalue weighted by atomic mass is 9.95. The first-order chi connectivity index (χ1) is 13.3. The van der Waals surface area contributed by atoms with Gasteiger partial charge in [-0.05, 0) is 32.0 Å². The van der Waals surface area contributed by atoms with Crippen LogP contribution < -0.4 is 5.56 Å². The molecule has 0 atom stereocenters. The fourth-order valence-electron chi connectivity index (χ4n) is 3.05. The van der Waals surface area contributed by atoms with Crippen LogP contribution in [0.15, 0.2) is 44.8 Å². The topological polar surface area (TPSA) is 84.9 Å². The number of Topliss-reactive ketones (excluding diaryl/α,β-unsaturated/α-hetero) is 1. The number of hydrogen-bond acceptors (Lipinski definition) is 6. The molecule has 1 aliphatic rings. The summed E-state index contributed by atoms with van der Waals surface area (Å²) >= 11 is 4.55. The Labute approximate surface area is 174 Å². The number of nitrogens with one attached hydrogen (secondary N) is 1. The second-order valence-electron chi connectivity index (χ2n) is 7.28. The van der Waals surface area contributed by atoms with E-state index < -0.39 is 0 Å². The Morgan fingerprint density at radius 2 is 2.04 bits per heavy atom. The van der Waals surface area contributed by atoms with Crippen LogP contribution in [0.2, 0.25) is 0 Å². The zero-order valence-corrected chi connectivity index (χ0v) is 17.8. The third-order valence-electron chi connectivity index (χ3n) is 4.56. The summed E-state index contributed by atoms with van der Waals surface area (Å²) in [5.41, 5.74) is 2.30. The van der Waals surface area contributed by atoms with Crippen LogP contribution in [-0.2, 0) is 17.8 Å². The number of carbonyl (C=O) groups is 1. The summed E-state index contributed by atoms with van der Waals surface area (Å²) in [7, 11) is 0. The summed E-state index contributed by atoms with van der Waals surface area (Å²) in [4.78, 5) is 36.7. The SMILES string of the molecule is CC1(C)Cc2nc3nc(SCC(=O)c4ccc(Br)cc4)[nH]c(=O)c3cc2CO1. The van der Waals surface area contributed by atoms with Crippen LogP contribution in [0.5, 0.6) is 0 Å². The van der Waals surface area contributed by atoms with Gasteiger partial charge >= 0.3 is 0 Å². The Hall–Kier alpha value is -2.03. The molecule has 8 heteroatoms. The van der Waals surface area contributed by atoms with Crippen LogP contribution in [0.1, 0.15) is 35.5 Å². The van der Waals surface area contributed by atoms with Crippen LogP contribution >= 0.6 is 27.7 Å². The maximum absolute atomic E-state index is 12.5. The summed E-state index contributed by atoms with van der Waals surface area (Å²) in [5.74, 6) is 0.152. The Morgan fingerprint density at radius 1 is 1.29 bits per heavy atom. The monoisotopic (exact) mass is 459 g/mol. The number of benzene rings is 1. The molecule has 1 N–H and O–H groups in total. The van der Waals surface area contributed by atoms with Crippen LogP contribution in [0.4, 0.5) is 0 Å². The summed E-state index contributed by atoms with van der Waals surface area (Å²) in [5, 5.41) is 0.826. The third-order valence-corrected chi connectivity index (χ3v) is 5.96. The molecule has 0 saturated carbocycles. The van der Waals surface area contributed by atoms with Crippen molar-refractivity contribution in [3.63, 3.8) is 0 Å². The van der Waals surface area contributed by atoms with Gasteiger partial charge in [0.2, 0.25) is 0 Å². The van der Waals surface area contributed by atoms with Crippen LogP contribution in [0.25, 0.3) is 11.0 Å². The largest absolute Gasteiger partial charge is 0.370 e. The number of rotatable bonds is 4. The number of H-pyrrole nitrogens is 1. The zero-order valence-electron chi connectivity index (χ0n) is 15.4. The summed E-state index contributed by atoms with van der Waals surface area (Å²) in [6, 6.07) is 8.99. The maximum Gasteiger partial charge on any atom is 0.261 e. The average Bonchev–Trinajstić information content (AvgIpc) is 2.65. The Bertz CT molecular complexity index is 1130. The van der Waals surface area contributed by atoms with Crippen molar-refractivity contribution in [2.45, 2.75) is 37.6 Å². The number of ether oxygens (including phenoxy) is 1. The van der Waals surface area contributed by atoms with Crippen LogP contribution in [0.3, 0.4) is 0 Å². The van der Waals surface area contributed by atoms with E-state index in [0.717, 1.165) is 15.7 Å². The van der Waals surface area contributed by atoms with Crippen molar-refractivity contribution >= 4 is 44.5 Å². The first-order valence-electron chi connectivity index (χ1n) is 8.79. The normalized spacial score (nSPS) is 15.4. The minimum Gasteiger partial charge on any atom is -0.370 e. The fourth-order valence-corrected chi connectivity index (χ4v) is 4.06. The number of pyridine rings is 1. The van der Waals surface area contributed by atoms with E-state index in [1.807, 2.05) is 26.0 Å². The number of thioether (sulfide) groups is 1. The highest BCUT2D eigenvalue weighted by Gasteiger charge is 2.28. The number of carbonyl (C=O) groups excluding carboxylic acids is 1. The minimum atomic E-state index is -0.288. The quantitative estimate of drug-likeness (QED) is 0.361. The zero-order chi connectivity index (χ0) is 19.9. The first kappa shape index (κ1) is 19.3. The van der Waals surface area contributed by atoms with Crippen molar-refractivity contribution in [3.8, 4) is 0 Å². The highest BCUT2D eigenvalue weighted by Crippen LogP contribution is 2.28. The van der Waals surface area contributed by atoms with E-state index in [1.165, 1.54) is 11.8 Å². The van der Waals surface area contributed by atoms with Crippen molar-refractivity contribution in [1.82, 2.24) is 15.0 Å². The molecule has 6 nitrogen and oxygen atoms in total. The van der Waals surface area contributed by atoms with Crippen molar-refractivity contribution in [2.75, 3.05) is 5.75 Å². The van der Waals surface area contributed by atoms with Crippen molar-refractivity contribution in [2.24, 2.45) is 0 Å². The molecule has 144 valence electrons. The van der Waals surface area contributed by atoms with Gasteiger partial charge in [0.05, 0.1) is 29.0 Å². The van der Waals surface area contributed by atoms with Gasteiger partial charge in [-0.15, -0.1) is 0 Å². The molecule has 28 heavy (non-hydrogen) atoms. The molecule has 0 aliphatic carbocycles. The first-order valence-corrected chi connectivity index (χ1v) is 10.6. The van der Waals surface area contributed by atoms with Gasteiger partial charge in [-0.1, -0.05) is 39.8 Å². The number of hydrogen-bond donors (Lipinski definition) is 1. The number of ketones is 1. The van der Waals surface area contributed by atoms with Gasteiger partial charge in [0.1, 0.15) is 0 Å². The number of nitrogens with zero attached hydrogens (tertiary/aromatic N) is 2. The summed E-state index contributed by atoms with van der Waals surface area (Å²) in [6.45, 7) is 4.47. The third kappa shape index (κ3) is 4.04. The van der Waals surface area contributed by atoms with Gasteiger partial charge in [0.15, 0.2) is 16.6 Å². The molecule has 0 fully saturated rings. The van der Waals surface area contributed by atoms with Crippen molar-refractivity contribution in [3.05, 3.63) is 62.0 Å². The van der Waals surface area contributed by atoms with Gasteiger partial charge in [-0.3, -0.25) is 9.59 Å². The highest BCUT2D eigenvalue weighted by molar-refractivity contribution is 9.10. The number of fused-ring (bicyclic) bond motifs is 2. The molecule has 0 bridgehead atoms. The molecule has 1 aliphatic heterocycles. The van der Waals surface area contributed by atoms with Gasteiger partial charge in [0.25, 0.3) is 5.56 Å². The molecule has 3 heterocycles. The molecule has 0 amide bonds. The minimum absolute atomic E-state index is 0.0301. The van der Waals surface area contributed by atoms with Crippen molar-refractivity contribution < 1.29 is 9.53 Å². The predicted molar refractivity (Wildman–Crippen MR) is 112 cm³/mol. The second-order valence-corrected chi connectivity index (χ2v) is 9.16. The lowest BCUT2D eigenvalue weighted by Crippen LogP contribution is -2.32. The van der Waals surface area contributed by atoms with Crippen LogP contribution in [0, 0.1) is 0 Å². The Kier molecular flexibility index (Phi) is 5.11. The summed E-state index contributed by atoms with van der Waals surface area (Å²) < 4.78 is 6.72. The lowest BCUT2D eigenvalue weighted by Gasteiger charge is -2.31. The lowest BCUT2D eigenvalue weighted by molar-refractivity contribution is -0.0411.